The number of nitrogens with zero attached hydrogens (tertiary/aromatic N) is 3. The molecular formula is C20H25ClN4O4. The SMILES string of the molecule is CCN1CCCC1CNC(=O)c1nc(Cl)c(Oc2ccccc2OC)nc1OC. The van der Waals surface area contributed by atoms with E-state index in [0.717, 1.165) is 25.9 Å². The highest BCUT2D eigenvalue weighted by molar-refractivity contribution is 6.30. The number of para-hydroxylation sites is 2. The summed E-state index contributed by atoms with van der Waals surface area (Å²) in [6.45, 7) is 4.68. The number of hydrogen-bond donors (Lipinski definition) is 1. The fourth-order valence-corrected chi connectivity index (χ4v) is 3.55. The maximum atomic E-state index is 12.7. The molecule has 1 N–H and O–H groups in total. The summed E-state index contributed by atoms with van der Waals surface area (Å²) in [5.41, 5.74) is 0.0194. The molecule has 1 aromatic heterocycles. The van der Waals surface area contributed by atoms with Gasteiger partial charge in [0.1, 0.15) is 0 Å². The molecule has 1 aliphatic rings. The lowest BCUT2D eigenvalue weighted by Crippen LogP contribution is -2.40. The Morgan fingerprint density at radius 1 is 1.21 bits per heavy atom. The molecule has 1 saturated heterocycles. The molecule has 2 aromatic rings. The predicted octanol–water partition coefficient (Wildman–Crippen LogP) is 3.15. The molecule has 0 spiro atoms. The van der Waals surface area contributed by atoms with Gasteiger partial charge in [0, 0.05) is 12.6 Å². The van der Waals surface area contributed by atoms with Crippen molar-refractivity contribution in [3.05, 3.63) is 35.1 Å². The fraction of sp³-hybridized carbons (Fsp3) is 0.450. The van der Waals surface area contributed by atoms with E-state index in [9.17, 15) is 4.79 Å². The van der Waals surface area contributed by atoms with Crippen LogP contribution < -0.4 is 19.5 Å². The first-order valence-corrected chi connectivity index (χ1v) is 9.89. The first kappa shape index (κ1) is 21.1. The van der Waals surface area contributed by atoms with Gasteiger partial charge < -0.3 is 19.5 Å². The van der Waals surface area contributed by atoms with Crippen LogP contribution in [-0.2, 0) is 0 Å². The molecule has 0 radical (unpaired) electrons. The summed E-state index contributed by atoms with van der Waals surface area (Å²) in [6.07, 6.45) is 2.20. The molecule has 2 heterocycles. The lowest BCUT2D eigenvalue weighted by Gasteiger charge is -2.22. The Bertz CT molecular complexity index is 864. The van der Waals surface area contributed by atoms with Crippen molar-refractivity contribution in [2.45, 2.75) is 25.8 Å². The van der Waals surface area contributed by atoms with Crippen LogP contribution in [0.5, 0.6) is 23.3 Å². The molecular weight excluding hydrogens is 396 g/mol. The van der Waals surface area contributed by atoms with Gasteiger partial charge in [-0.2, -0.15) is 4.98 Å². The third kappa shape index (κ3) is 4.89. The number of methoxy groups -OCH3 is 2. The first-order chi connectivity index (χ1) is 14.1. The summed E-state index contributed by atoms with van der Waals surface area (Å²) < 4.78 is 16.2. The summed E-state index contributed by atoms with van der Waals surface area (Å²) >= 11 is 6.24. The number of hydrogen-bond acceptors (Lipinski definition) is 7. The van der Waals surface area contributed by atoms with Crippen molar-refractivity contribution in [1.82, 2.24) is 20.2 Å². The van der Waals surface area contributed by atoms with Gasteiger partial charge in [0.15, 0.2) is 22.3 Å². The zero-order valence-electron chi connectivity index (χ0n) is 16.8. The highest BCUT2D eigenvalue weighted by Crippen LogP contribution is 2.34. The van der Waals surface area contributed by atoms with E-state index in [1.165, 1.54) is 14.2 Å². The van der Waals surface area contributed by atoms with E-state index in [1.807, 2.05) is 6.07 Å². The van der Waals surface area contributed by atoms with Gasteiger partial charge in [-0.05, 0) is 38.1 Å². The van der Waals surface area contributed by atoms with E-state index in [0.29, 0.717) is 24.1 Å². The zero-order valence-corrected chi connectivity index (χ0v) is 17.5. The lowest BCUT2D eigenvalue weighted by atomic mass is 10.2. The predicted molar refractivity (Wildman–Crippen MR) is 109 cm³/mol. The molecule has 1 aromatic carbocycles. The Hall–Kier alpha value is -2.58. The van der Waals surface area contributed by atoms with E-state index >= 15 is 0 Å². The van der Waals surface area contributed by atoms with Crippen molar-refractivity contribution < 1.29 is 19.0 Å². The maximum absolute atomic E-state index is 12.7. The molecule has 156 valence electrons. The molecule has 1 unspecified atom stereocenters. The van der Waals surface area contributed by atoms with Crippen molar-refractivity contribution in [2.24, 2.45) is 0 Å². The maximum Gasteiger partial charge on any atom is 0.275 e. The average molecular weight is 421 g/mol. The fourth-order valence-electron chi connectivity index (χ4n) is 3.38. The number of likely N-dealkylation sites (tertiary alicyclic amines) is 1. The molecule has 1 atom stereocenters. The van der Waals surface area contributed by atoms with Gasteiger partial charge in [0.2, 0.25) is 5.88 Å². The third-order valence-electron chi connectivity index (χ3n) is 4.88. The standard InChI is InChI=1S/C20H25ClN4O4/c1-4-25-11-7-8-13(25)12-22-18(26)16-19(28-3)24-20(17(21)23-16)29-15-10-6-5-9-14(15)27-2/h5-6,9-10,13H,4,7-8,11-12H2,1-3H3,(H,22,26). The Kier molecular flexibility index (Phi) is 7.11. The Balaban J connectivity index is 1.76. The number of nitrogens with one attached hydrogen (secondary N) is 1. The number of likely N-dealkylation sites (N-methyl/N-ethyl adjacent to an activating group) is 1. The molecule has 1 fully saturated rings. The number of carbonyl (C=O) groups excluding carboxylic acids is 1. The van der Waals surface area contributed by atoms with Crippen LogP contribution in [0, 0.1) is 0 Å². The topological polar surface area (TPSA) is 85.8 Å². The number of amides is 1. The van der Waals surface area contributed by atoms with Crippen LogP contribution in [0.1, 0.15) is 30.3 Å². The van der Waals surface area contributed by atoms with E-state index in [2.05, 4.69) is 27.1 Å². The molecule has 1 aliphatic heterocycles. The van der Waals surface area contributed by atoms with Gasteiger partial charge in [-0.1, -0.05) is 30.7 Å². The van der Waals surface area contributed by atoms with E-state index in [4.69, 9.17) is 25.8 Å². The minimum Gasteiger partial charge on any atom is -0.493 e. The second-order valence-electron chi connectivity index (χ2n) is 6.57. The van der Waals surface area contributed by atoms with Crippen LogP contribution in [0.4, 0.5) is 0 Å². The largest absolute Gasteiger partial charge is 0.493 e. The van der Waals surface area contributed by atoms with Crippen molar-refractivity contribution in [3.63, 3.8) is 0 Å². The van der Waals surface area contributed by atoms with Crippen molar-refractivity contribution in [1.29, 1.82) is 0 Å². The molecule has 1 amide bonds. The van der Waals surface area contributed by atoms with Gasteiger partial charge >= 0.3 is 0 Å². The zero-order chi connectivity index (χ0) is 20.8. The Morgan fingerprint density at radius 3 is 2.66 bits per heavy atom. The van der Waals surface area contributed by atoms with Gasteiger partial charge in [-0.15, -0.1) is 0 Å². The summed E-state index contributed by atoms with van der Waals surface area (Å²) in [5, 5.41) is 2.87. The molecule has 0 aliphatic carbocycles. The number of carbonyl (C=O) groups is 1. The summed E-state index contributed by atoms with van der Waals surface area (Å²) in [7, 11) is 2.95. The lowest BCUT2D eigenvalue weighted by molar-refractivity contribution is 0.0932. The molecule has 29 heavy (non-hydrogen) atoms. The highest BCUT2D eigenvalue weighted by atomic mass is 35.5. The van der Waals surface area contributed by atoms with Gasteiger partial charge in [-0.25, -0.2) is 4.98 Å². The Morgan fingerprint density at radius 2 is 1.97 bits per heavy atom. The van der Waals surface area contributed by atoms with Crippen LogP contribution >= 0.6 is 11.6 Å². The number of ether oxygens (including phenoxy) is 3. The second kappa shape index (κ2) is 9.76. The van der Waals surface area contributed by atoms with E-state index < -0.39 is 0 Å². The summed E-state index contributed by atoms with van der Waals surface area (Å²) in [4.78, 5) is 23.4. The van der Waals surface area contributed by atoms with Crippen molar-refractivity contribution in [2.75, 3.05) is 33.9 Å². The van der Waals surface area contributed by atoms with Crippen LogP contribution in [0.2, 0.25) is 5.15 Å². The quantitative estimate of drug-likeness (QED) is 0.701. The van der Waals surface area contributed by atoms with Gasteiger partial charge in [-0.3, -0.25) is 9.69 Å². The molecule has 3 rings (SSSR count). The normalized spacial score (nSPS) is 16.5. The summed E-state index contributed by atoms with van der Waals surface area (Å²) in [5.74, 6) is 0.616. The van der Waals surface area contributed by atoms with Gasteiger partial charge in [0.25, 0.3) is 11.8 Å². The van der Waals surface area contributed by atoms with Crippen LogP contribution in [-0.4, -0.2) is 60.7 Å². The minimum atomic E-state index is -0.386. The van der Waals surface area contributed by atoms with Crippen molar-refractivity contribution >= 4 is 17.5 Å². The monoisotopic (exact) mass is 420 g/mol. The van der Waals surface area contributed by atoms with Crippen LogP contribution in [0.25, 0.3) is 0 Å². The highest BCUT2D eigenvalue weighted by Gasteiger charge is 2.26. The number of rotatable bonds is 8. The molecule has 0 saturated carbocycles. The summed E-state index contributed by atoms with van der Waals surface area (Å²) in [6, 6.07) is 7.40. The van der Waals surface area contributed by atoms with E-state index in [-0.39, 0.29) is 28.5 Å². The van der Waals surface area contributed by atoms with E-state index in [1.54, 1.807) is 18.2 Å². The molecule has 8 nitrogen and oxygen atoms in total. The average Bonchev–Trinajstić information content (AvgIpc) is 3.21. The molecule has 0 bridgehead atoms. The number of halogens is 1. The number of aromatic nitrogens is 2. The first-order valence-electron chi connectivity index (χ1n) is 9.52. The third-order valence-corrected chi connectivity index (χ3v) is 5.13. The Labute approximate surface area is 175 Å². The number of benzene rings is 1. The smallest absolute Gasteiger partial charge is 0.275 e. The second-order valence-corrected chi connectivity index (χ2v) is 6.92. The molecule has 9 heteroatoms. The van der Waals surface area contributed by atoms with Crippen molar-refractivity contribution in [3.8, 4) is 23.3 Å². The van der Waals surface area contributed by atoms with Gasteiger partial charge in [0.05, 0.1) is 14.2 Å². The van der Waals surface area contributed by atoms with Crippen LogP contribution in [0.3, 0.4) is 0 Å². The van der Waals surface area contributed by atoms with Crippen LogP contribution in [0.15, 0.2) is 24.3 Å². The minimum absolute atomic E-state index is 0.0194.